The second kappa shape index (κ2) is 8.47. The van der Waals surface area contributed by atoms with Crippen LogP contribution in [-0.2, 0) is 23.9 Å². The molecule has 3 amide bonds. The van der Waals surface area contributed by atoms with Crippen molar-refractivity contribution in [2.45, 2.75) is 0 Å². The van der Waals surface area contributed by atoms with Crippen molar-refractivity contribution in [3.05, 3.63) is 63.1 Å². The van der Waals surface area contributed by atoms with E-state index in [-0.39, 0.29) is 27.6 Å². The van der Waals surface area contributed by atoms with Crippen LogP contribution in [-0.4, -0.2) is 31.0 Å². The molecule has 11 heteroatoms. The van der Waals surface area contributed by atoms with Gasteiger partial charge in [0.1, 0.15) is 5.82 Å². The number of imide groups is 1. The van der Waals surface area contributed by atoms with Crippen LogP contribution >= 0.6 is 22.9 Å². The third-order valence-corrected chi connectivity index (χ3v) is 5.08. The highest BCUT2D eigenvalue weighted by Crippen LogP contribution is 2.43. The van der Waals surface area contributed by atoms with Gasteiger partial charge in [-0.05, 0) is 23.6 Å². The number of hydrogen-bond acceptors (Lipinski definition) is 7. The lowest BCUT2D eigenvalue weighted by Crippen LogP contribution is -2.38. The van der Waals surface area contributed by atoms with Crippen molar-refractivity contribution < 1.29 is 33.0 Å². The zero-order chi connectivity index (χ0) is 22.0. The number of halogens is 2. The number of amides is 3. The highest BCUT2D eigenvalue weighted by atomic mass is 35.5. The lowest BCUT2D eigenvalue weighted by atomic mass is 10.0. The van der Waals surface area contributed by atoms with Crippen LogP contribution < -0.4 is 10.6 Å². The highest BCUT2D eigenvalue weighted by Gasteiger charge is 2.40. The molecule has 1 aliphatic rings. The number of primary amides is 1. The number of fused-ring (bicyclic) bond motifs is 1. The lowest BCUT2D eigenvalue weighted by molar-refractivity contribution is -0.136. The molecule has 2 aromatic rings. The standard InChI is InChI=1S/C19H12ClFN2O6S/c1-28-14(24)4-5-15(25)29-17(13-3-2-6-30-13)16-9-7-11(21)10(20)8-12(9)23(18(16)26)19(22)27/h2-8H,1H3,(H2,22,27)/b5-4+,17-16+. The summed E-state index contributed by atoms with van der Waals surface area (Å²) < 4.78 is 23.8. The van der Waals surface area contributed by atoms with Gasteiger partial charge in [0.25, 0.3) is 5.91 Å². The van der Waals surface area contributed by atoms with Gasteiger partial charge < -0.3 is 15.2 Å². The average molecular weight is 451 g/mol. The van der Waals surface area contributed by atoms with Gasteiger partial charge in [0.2, 0.25) is 0 Å². The number of esters is 2. The minimum atomic E-state index is -1.12. The van der Waals surface area contributed by atoms with Crippen LogP contribution in [0.4, 0.5) is 14.9 Å². The Kier molecular flexibility index (Phi) is 5.99. The van der Waals surface area contributed by atoms with Crippen LogP contribution in [0.15, 0.2) is 41.8 Å². The van der Waals surface area contributed by atoms with Crippen LogP contribution in [0.3, 0.4) is 0 Å². The Balaban J connectivity index is 2.20. The number of thiophene rings is 1. The SMILES string of the molecule is COC(=O)/C=C/C(=O)O/C(=C1/C(=O)N(C(N)=O)c2cc(Cl)c(F)cc21)c1cccs1. The molecule has 0 saturated heterocycles. The van der Waals surface area contributed by atoms with E-state index in [9.17, 15) is 23.6 Å². The predicted molar refractivity (Wildman–Crippen MR) is 107 cm³/mol. The number of urea groups is 1. The summed E-state index contributed by atoms with van der Waals surface area (Å²) in [5.74, 6) is -3.81. The van der Waals surface area contributed by atoms with E-state index >= 15 is 0 Å². The van der Waals surface area contributed by atoms with Crippen LogP contribution in [0.5, 0.6) is 0 Å². The van der Waals surface area contributed by atoms with Crippen molar-refractivity contribution >= 4 is 63.8 Å². The van der Waals surface area contributed by atoms with E-state index in [1.807, 2.05) is 0 Å². The molecule has 0 fully saturated rings. The minimum Gasteiger partial charge on any atom is -0.466 e. The summed E-state index contributed by atoms with van der Waals surface area (Å²) in [7, 11) is 1.13. The molecule has 0 unspecified atom stereocenters. The molecule has 0 saturated carbocycles. The first kappa shape index (κ1) is 21.2. The van der Waals surface area contributed by atoms with Gasteiger partial charge in [0.05, 0.1) is 28.3 Å². The second-order valence-corrected chi connectivity index (χ2v) is 7.08. The van der Waals surface area contributed by atoms with Gasteiger partial charge in [-0.15, -0.1) is 11.3 Å². The number of hydrogen-bond donors (Lipinski definition) is 1. The summed E-state index contributed by atoms with van der Waals surface area (Å²) in [6, 6.07) is 4.08. The summed E-state index contributed by atoms with van der Waals surface area (Å²) in [4.78, 5) is 49.2. The zero-order valence-corrected chi connectivity index (χ0v) is 16.8. The van der Waals surface area contributed by atoms with Crippen molar-refractivity contribution in [2.24, 2.45) is 5.73 Å². The van der Waals surface area contributed by atoms with Gasteiger partial charge in [-0.3, -0.25) is 4.79 Å². The quantitative estimate of drug-likeness (QED) is 0.434. The Bertz CT molecular complexity index is 1130. The molecule has 0 atom stereocenters. The fourth-order valence-electron chi connectivity index (χ4n) is 2.67. The molecule has 30 heavy (non-hydrogen) atoms. The molecule has 1 aromatic heterocycles. The van der Waals surface area contributed by atoms with E-state index < -0.39 is 29.7 Å². The molecular weight excluding hydrogens is 439 g/mol. The van der Waals surface area contributed by atoms with Crippen molar-refractivity contribution in [3.63, 3.8) is 0 Å². The molecular formula is C19H12ClFN2O6S. The van der Waals surface area contributed by atoms with E-state index in [2.05, 4.69) is 4.74 Å². The summed E-state index contributed by atoms with van der Waals surface area (Å²) >= 11 is 6.91. The number of carbonyl (C=O) groups is 4. The minimum absolute atomic E-state index is 0.0335. The molecule has 2 heterocycles. The summed E-state index contributed by atoms with van der Waals surface area (Å²) in [5.41, 5.74) is 4.96. The summed E-state index contributed by atoms with van der Waals surface area (Å²) in [5, 5.41) is 1.33. The number of nitrogens with zero attached hydrogens (tertiary/aromatic N) is 1. The van der Waals surface area contributed by atoms with E-state index in [0.717, 1.165) is 42.7 Å². The first-order valence-electron chi connectivity index (χ1n) is 8.14. The van der Waals surface area contributed by atoms with Gasteiger partial charge in [-0.1, -0.05) is 17.7 Å². The van der Waals surface area contributed by atoms with Crippen molar-refractivity contribution in [2.75, 3.05) is 12.0 Å². The Morgan fingerprint density at radius 1 is 1.23 bits per heavy atom. The topological polar surface area (TPSA) is 116 Å². The van der Waals surface area contributed by atoms with Crippen LogP contribution in [0, 0.1) is 5.82 Å². The summed E-state index contributed by atoms with van der Waals surface area (Å²) in [6.07, 6.45) is 1.63. The van der Waals surface area contributed by atoms with Crippen molar-refractivity contribution in [3.8, 4) is 0 Å². The molecule has 154 valence electrons. The normalized spacial score (nSPS) is 14.6. The monoisotopic (exact) mass is 450 g/mol. The molecule has 8 nitrogen and oxygen atoms in total. The first-order valence-corrected chi connectivity index (χ1v) is 9.39. The maximum Gasteiger partial charge on any atom is 0.336 e. The van der Waals surface area contributed by atoms with Crippen LogP contribution in [0.2, 0.25) is 5.02 Å². The van der Waals surface area contributed by atoms with Crippen LogP contribution in [0.1, 0.15) is 10.4 Å². The number of ether oxygens (including phenoxy) is 2. The molecule has 1 aromatic carbocycles. The lowest BCUT2D eigenvalue weighted by Gasteiger charge is -2.12. The smallest absolute Gasteiger partial charge is 0.336 e. The van der Waals surface area contributed by atoms with E-state index in [1.165, 1.54) is 0 Å². The highest BCUT2D eigenvalue weighted by molar-refractivity contribution is 7.11. The van der Waals surface area contributed by atoms with Crippen molar-refractivity contribution in [1.82, 2.24) is 0 Å². The first-order chi connectivity index (χ1) is 14.2. The van der Waals surface area contributed by atoms with Gasteiger partial charge in [-0.25, -0.2) is 23.7 Å². The molecule has 1 aliphatic heterocycles. The van der Waals surface area contributed by atoms with E-state index in [0.29, 0.717) is 9.78 Å². The maximum absolute atomic E-state index is 14.2. The molecule has 3 rings (SSSR count). The fraction of sp³-hybridized carbons (Fsp3) is 0.0526. The number of nitrogens with two attached hydrogens (primary N) is 1. The van der Waals surface area contributed by atoms with Gasteiger partial charge in [-0.2, -0.15) is 0 Å². The molecule has 0 bridgehead atoms. The number of benzene rings is 1. The Morgan fingerprint density at radius 2 is 1.93 bits per heavy atom. The molecule has 2 N–H and O–H groups in total. The van der Waals surface area contributed by atoms with Gasteiger partial charge in [0, 0.05) is 17.7 Å². The van der Waals surface area contributed by atoms with E-state index in [1.54, 1.807) is 17.5 Å². The van der Waals surface area contributed by atoms with E-state index in [4.69, 9.17) is 22.1 Å². The van der Waals surface area contributed by atoms with Gasteiger partial charge in [0.15, 0.2) is 5.76 Å². The number of rotatable bonds is 4. The Hall–Kier alpha value is -3.50. The Labute approximate surface area is 177 Å². The predicted octanol–water partition coefficient (Wildman–Crippen LogP) is 3.11. The molecule has 0 spiro atoms. The number of carbonyl (C=O) groups excluding carboxylic acids is 4. The zero-order valence-electron chi connectivity index (χ0n) is 15.2. The van der Waals surface area contributed by atoms with Crippen molar-refractivity contribution in [1.29, 1.82) is 0 Å². The van der Waals surface area contributed by atoms with Gasteiger partial charge >= 0.3 is 18.0 Å². The third-order valence-electron chi connectivity index (χ3n) is 3.92. The second-order valence-electron chi connectivity index (χ2n) is 5.72. The molecule has 0 radical (unpaired) electrons. The Morgan fingerprint density at radius 3 is 2.53 bits per heavy atom. The fourth-order valence-corrected chi connectivity index (χ4v) is 3.54. The largest absolute Gasteiger partial charge is 0.466 e. The summed E-state index contributed by atoms with van der Waals surface area (Å²) in [6.45, 7) is 0. The average Bonchev–Trinajstić information content (AvgIpc) is 3.31. The number of anilines is 1. The molecule has 0 aliphatic carbocycles. The maximum atomic E-state index is 14.2. The van der Waals surface area contributed by atoms with Crippen LogP contribution in [0.25, 0.3) is 11.3 Å². The number of methoxy groups -OCH3 is 1. The third kappa shape index (κ3) is 3.95.